The molecule has 2 atom stereocenters. The molecule has 3 aliphatic rings. The molecule has 2 unspecified atom stereocenters. The van der Waals surface area contributed by atoms with Gasteiger partial charge in [0.25, 0.3) is 0 Å². The molecule has 0 saturated carbocycles. The van der Waals surface area contributed by atoms with Gasteiger partial charge in [-0.2, -0.15) is 18.4 Å². The normalized spacial score (nSPS) is 21.3. The lowest BCUT2D eigenvalue weighted by Gasteiger charge is -2.38. The van der Waals surface area contributed by atoms with Crippen LogP contribution in [0, 0.1) is 17.2 Å². The van der Waals surface area contributed by atoms with Crippen molar-refractivity contribution in [2.75, 3.05) is 57.4 Å². The van der Waals surface area contributed by atoms with Gasteiger partial charge in [0.15, 0.2) is 5.92 Å². The molecule has 2 saturated heterocycles. The van der Waals surface area contributed by atoms with Crippen LogP contribution >= 0.6 is 0 Å². The van der Waals surface area contributed by atoms with Crippen LogP contribution in [0.5, 0.6) is 5.75 Å². The van der Waals surface area contributed by atoms with E-state index in [-0.39, 0.29) is 45.4 Å². The molecule has 0 spiro atoms. The Bertz CT molecular complexity index is 1290. The van der Waals surface area contributed by atoms with Gasteiger partial charge < -0.3 is 19.3 Å². The summed E-state index contributed by atoms with van der Waals surface area (Å²) in [6.45, 7) is 3.01. The third-order valence-corrected chi connectivity index (χ3v) is 7.52. The number of fused-ring (bicyclic) bond motifs is 1. The zero-order chi connectivity index (χ0) is 29.0. The first-order valence-electron chi connectivity index (χ1n) is 13.3. The lowest BCUT2D eigenvalue weighted by atomic mass is 9.95. The monoisotopic (exact) mass is 573 g/mol. The Morgan fingerprint density at radius 2 is 1.93 bits per heavy atom. The van der Waals surface area contributed by atoms with E-state index in [9.17, 15) is 22.8 Å². The van der Waals surface area contributed by atoms with Gasteiger partial charge in [0.05, 0.1) is 12.2 Å². The van der Waals surface area contributed by atoms with Gasteiger partial charge in [0, 0.05) is 63.6 Å². The van der Waals surface area contributed by atoms with E-state index in [4.69, 9.17) is 14.7 Å². The van der Waals surface area contributed by atoms with Gasteiger partial charge in [-0.3, -0.25) is 19.9 Å². The van der Waals surface area contributed by atoms with Crippen LogP contribution in [0.1, 0.15) is 16.7 Å². The third-order valence-electron chi connectivity index (χ3n) is 7.52. The van der Waals surface area contributed by atoms with Crippen LogP contribution in [0.2, 0.25) is 0 Å². The molecule has 218 valence electrons. The van der Waals surface area contributed by atoms with Crippen molar-refractivity contribution in [3.63, 3.8) is 0 Å². The summed E-state index contributed by atoms with van der Waals surface area (Å²) in [5, 5.41) is 8.91. The number of aromatic nitrogens is 1. The topological polar surface area (TPSA) is 123 Å². The lowest BCUT2D eigenvalue weighted by molar-refractivity contribution is -0.201. The van der Waals surface area contributed by atoms with Crippen LogP contribution in [-0.4, -0.2) is 91.4 Å². The number of alkyl halides is 3. The summed E-state index contributed by atoms with van der Waals surface area (Å²) in [6, 6.07) is 9.88. The molecule has 0 aliphatic carbocycles. The fourth-order valence-electron chi connectivity index (χ4n) is 5.39. The Morgan fingerprint density at radius 1 is 1.12 bits per heavy atom. The van der Waals surface area contributed by atoms with Crippen LogP contribution < -0.4 is 20.5 Å². The van der Waals surface area contributed by atoms with Crippen molar-refractivity contribution in [1.29, 1.82) is 5.26 Å². The largest absolute Gasteiger partial charge is 0.491 e. The van der Waals surface area contributed by atoms with E-state index >= 15 is 0 Å². The number of hydrogen-bond donors (Lipinski definition) is 2. The molecule has 2 aromatic rings. The number of rotatable bonds is 8. The number of piperazine rings is 1. The SMILES string of the molecule is N#Cc1ccc(N2CCN(C(=O)COCCOc3cccc4c3CN(C3CNNC(=O)C3C(F)(F)F)C4)CC2)nc1. The van der Waals surface area contributed by atoms with Crippen LogP contribution in [0.4, 0.5) is 19.0 Å². The van der Waals surface area contributed by atoms with Gasteiger partial charge in [0.2, 0.25) is 11.8 Å². The highest BCUT2D eigenvalue weighted by molar-refractivity contribution is 5.80. The Kier molecular flexibility index (Phi) is 8.57. The predicted octanol–water partition coefficient (Wildman–Crippen LogP) is 1.19. The summed E-state index contributed by atoms with van der Waals surface area (Å²) in [6.07, 6.45) is -3.13. The minimum absolute atomic E-state index is 0.0245. The number of halogens is 3. The van der Waals surface area contributed by atoms with E-state index in [1.165, 1.54) is 6.20 Å². The minimum atomic E-state index is -4.66. The molecular formula is C27H30F3N7O4. The van der Waals surface area contributed by atoms with Crippen molar-refractivity contribution in [3.05, 3.63) is 53.2 Å². The molecule has 41 heavy (non-hydrogen) atoms. The average Bonchev–Trinajstić information content (AvgIpc) is 3.41. The smallest absolute Gasteiger partial charge is 0.402 e. The van der Waals surface area contributed by atoms with Gasteiger partial charge in [0.1, 0.15) is 30.9 Å². The van der Waals surface area contributed by atoms with E-state index in [1.807, 2.05) is 12.1 Å². The number of pyridine rings is 1. The summed E-state index contributed by atoms with van der Waals surface area (Å²) < 4.78 is 52.3. The van der Waals surface area contributed by atoms with E-state index in [1.54, 1.807) is 34.1 Å². The van der Waals surface area contributed by atoms with E-state index in [0.717, 1.165) is 16.9 Å². The first kappa shape index (κ1) is 28.6. The minimum Gasteiger partial charge on any atom is -0.491 e. The van der Waals surface area contributed by atoms with Crippen molar-refractivity contribution >= 4 is 17.6 Å². The van der Waals surface area contributed by atoms with Gasteiger partial charge in [-0.15, -0.1) is 0 Å². The van der Waals surface area contributed by atoms with Crippen LogP contribution in [0.15, 0.2) is 36.5 Å². The molecule has 3 aliphatic heterocycles. The van der Waals surface area contributed by atoms with Gasteiger partial charge >= 0.3 is 6.18 Å². The number of nitriles is 1. The fraction of sp³-hybridized carbons (Fsp3) is 0.481. The standard InChI is InChI=1S/C27H30F3N7O4/c28-27(29,30)25-21(14-33-34-26(25)39)37-15-19-2-1-3-22(20(19)16-37)41-11-10-40-17-24(38)36-8-6-35(7-9-36)23-5-4-18(12-31)13-32-23/h1-5,13,21,25,33H,6-11,14-17H2,(H,34,39). The third kappa shape index (κ3) is 6.53. The van der Waals surface area contributed by atoms with E-state index in [2.05, 4.69) is 20.7 Å². The lowest BCUT2D eigenvalue weighted by Crippen LogP contribution is -2.63. The molecule has 5 rings (SSSR count). The van der Waals surface area contributed by atoms with Crippen LogP contribution in [-0.2, 0) is 27.4 Å². The maximum atomic E-state index is 13.6. The molecule has 14 heteroatoms. The maximum Gasteiger partial charge on any atom is 0.402 e. The summed E-state index contributed by atoms with van der Waals surface area (Å²) >= 11 is 0. The molecule has 4 heterocycles. The number of benzene rings is 1. The molecule has 2 amide bonds. The second-order valence-corrected chi connectivity index (χ2v) is 10.0. The molecular weight excluding hydrogens is 543 g/mol. The van der Waals surface area contributed by atoms with Crippen molar-refractivity contribution in [3.8, 4) is 11.8 Å². The average molecular weight is 574 g/mol. The van der Waals surface area contributed by atoms with Crippen molar-refractivity contribution < 1.29 is 32.2 Å². The highest BCUT2D eigenvalue weighted by atomic mass is 19.4. The zero-order valence-electron chi connectivity index (χ0n) is 22.2. The number of carbonyl (C=O) groups excluding carboxylic acids is 2. The van der Waals surface area contributed by atoms with E-state index < -0.39 is 24.0 Å². The molecule has 1 aromatic carbocycles. The molecule has 11 nitrogen and oxygen atoms in total. The zero-order valence-corrected chi connectivity index (χ0v) is 22.2. The van der Waals surface area contributed by atoms with Gasteiger partial charge in [-0.25, -0.2) is 10.4 Å². The number of ether oxygens (including phenoxy) is 2. The number of nitrogens with zero attached hydrogens (tertiary/aromatic N) is 5. The Hall–Kier alpha value is -3.93. The van der Waals surface area contributed by atoms with Gasteiger partial charge in [-0.05, 0) is 23.8 Å². The molecule has 2 N–H and O–H groups in total. The highest BCUT2D eigenvalue weighted by Crippen LogP contribution is 2.38. The summed E-state index contributed by atoms with van der Waals surface area (Å²) in [4.78, 5) is 34.3. The number of amides is 2. The van der Waals surface area contributed by atoms with Crippen molar-refractivity contribution in [2.45, 2.75) is 25.3 Å². The number of carbonyl (C=O) groups is 2. The first-order valence-corrected chi connectivity index (χ1v) is 13.3. The van der Waals surface area contributed by atoms with Gasteiger partial charge in [-0.1, -0.05) is 12.1 Å². The molecule has 0 radical (unpaired) electrons. The number of hydrogen-bond acceptors (Lipinski definition) is 9. The summed E-state index contributed by atoms with van der Waals surface area (Å²) in [5.41, 5.74) is 6.78. The second-order valence-electron chi connectivity index (χ2n) is 10.0. The Balaban J connectivity index is 1.06. The number of hydrazine groups is 1. The highest BCUT2D eigenvalue weighted by Gasteiger charge is 2.53. The first-order chi connectivity index (χ1) is 19.7. The van der Waals surface area contributed by atoms with Crippen molar-refractivity contribution in [1.82, 2.24) is 25.6 Å². The second kappa shape index (κ2) is 12.3. The molecule has 1 aromatic heterocycles. The summed E-state index contributed by atoms with van der Waals surface area (Å²) in [5.74, 6) is -2.02. The molecule has 0 bridgehead atoms. The predicted molar refractivity (Wildman–Crippen MR) is 139 cm³/mol. The Morgan fingerprint density at radius 3 is 2.63 bits per heavy atom. The van der Waals surface area contributed by atoms with Crippen LogP contribution in [0.25, 0.3) is 0 Å². The Labute approximate surface area is 234 Å². The maximum absolute atomic E-state index is 13.6. The number of nitrogens with one attached hydrogen (secondary N) is 2. The van der Waals surface area contributed by atoms with Crippen LogP contribution in [0.3, 0.4) is 0 Å². The summed E-state index contributed by atoms with van der Waals surface area (Å²) in [7, 11) is 0. The van der Waals surface area contributed by atoms with E-state index in [0.29, 0.717) is 37.5 Å². The fourth-order valence-corrected chi connectivity index (χ4v) is 5.39. The number of anilines is 1. The quantitative estimate of drug-likeness (QED) is 0.449. The van der Waals surface area contributed by atoms with Crippen molar-refractivity contribution in [2.24, 2.45) is 5.92 Å². The molecule has 2 fully saturated rings.